The number of morpholine rings is 1. The first kappa shape index (κ1) is 22.9. The van der Waals surface area contributed by atoms with Gasteiger partial charge in [0.15, 0.2) is 5.96 Å². The Hall–Kier alpha value is -1.36. The number of ether oxygens (including phenoxy) is 1. The lowest BCUT2D eigenvalue weighted by Crippen LogP contribution is -2.46. The Bertz CT molecular complexity index is 704. The number of halogens is 1. The molecule has 1 aliphatic heterocycles. The lowest BCUT2D eigenvalue weighted by Gasteiger charge is -2.34. The van der Waals surface area contributed by atoms with Crippen molar-refractivity contribution in [2.45, 2.75) is 19.5 Å². The maximum atomic E-state index is 9.40. The van der Waals surface area contributed by atoms with E-state index < -0.39 is 0 Å². The molecule has 0 aliphatic carbocycles. The number of hydrogen-bond acceptors (Lipinski definition) is 5. The molecule has 1 aliphatic rings. The Kier molecular flexibility index (Phi) is 10.0. The van der Waals surface area contributed by atoms with Gasteiger partial charge >= 0.3 is 0 Å². The van der Waals surface area contributed by atoms with E-state index in [2.05, 4.69) is 45.0 Å². The lowest BCUT2D eigenvalue weighted by atomic mass is 10.2. The molecular weight excluding hydrogens is 487 g/mol. The molecule has 3 N–H and O–H groups in total. The first-order valence-corrected chi connectivity index (χ1v) is 10.3. The molecule has 6 nitrogen and oxygen atoms in total. The van der Waals surface area contributed by atoms with Gasteiger partial charge < -0.3 is 20.5 Å². The van der Waals surface area contributed by atoms with Crippen LogP contribution < -0.4 is 10.6 Å². The third kappa shape index (κ3) is 6.91. The molecule has 0 amide bonds. The summed E-state index contributed by atoms with van der Waals surface area (Å²) < 4.78 is 5.51. The van der Waals surface area contributed by atoms with Gasteiger partial charge in [-0.05, 0) is 36.1 Å². The molecule has 1 aromatic heterocycles. The van der Waals surface area contributed by atoms with E-state index in [1.54, 1.807) is 23.5 Å². The largest absolute Gasteiger partial charge is 0.508 e. The molecule has 1 atom stereocenters. The van der Waals surface area contributed by atoms with Crippen molar-refractivity contribution in [2.24, 2.45) is 4.99 Å². The summed E-state index contributed by atoms with van der Waals surface area (Å²) >= 11 is 1.79. The maximum absolute atomic E-state index is 9.40. The standard InChI is InChI=1S/C20H28N4O2S.HI/c1-2-21-20(22-14-16-5-7-17(25)8-6-16)23-15-18(19-4-3-13-27-19)24-9-11-26-12-10-24;/h3-8,13,18,25H,2,9-12,14-15H2,1H3,(H2,21,22,23);1H. The summed E-state index contributed by atoms with van der Waals surface area (Å²) in [6.07, 6.45) is 0. The Morgan fingerprint density at radius 1 is 1.21 bits per heavy atom. The van der Waals surface area contributed by atoms with Crippen LogP contribution >= 0.6 is 35.3 Å². The number of hydrogen-bond donors (Lipinski definition) is 3. The molecule has 0 bridgehead atoms. The molecule has 1 unspecified atom stereocenters. The van der Waals surface area contributed by atoms with E-state index in [4.69, 9.17) is 4.74 Å². The summed E-state index contributed by atoms with van der Waals surface area (Å²) in [4.78, 5) is 8.52. The van der Waals surface area contributed by atoms with Crippen LogP contribution in [-0.4, -0.2) is 55.4 Å². The summed E-state index contributed by atoms with van der Waals surface area (Å²) in [5, 5.41) is 18.4. The van der Waals surface area contributed by atoms with Crippen molar-refractivity contribution in [1.29, 1.82) is 0 Å². The zero-order valence-electron chi connectivity index (χ0n) is 16.1. The van der Waals surface area contributed by atoms with Gasteiger partial charge in [0.2, 0.25) is 0 Å². The third-order valence-electron chi connectivity index (χ3n) is 4.52. The summed E-state index contributed by atoms with van der Waals surface area (Å²) in [5.41, 5.74) is 1.06. The average molecular weight is 516 g/mol. The molecule has 1 aromatic carbocycles. The van der Waals surface area contributed by atoms with E-state index >= 15 is 0 Å². The molecular formula is C20H29IN4O2S. The Labute approximate surface area is 188 Å². The van der Waals surface area contributed by atoms with Crippen LogP contribution in [0.1, 0.15) is 23.4 Å². The van der Waals surface area contributed by atoms with E-state index in [9.17, 15) is 5.11 Å². The number of phenolic OH excluding ortho intramolecular Hbond substituents is 1. The molecule has 1 fully saturated rings. The highest BCUT2D eigenvalue weighted by Gasteiger charge is 2.23. The van der Waals surface area contributed by atoms with Crippen LogP contribution in [-0.2, 0) is 11.3 Å². The first-order valence-electron chi connectivity index (χ1n) is 9.41. The quantitative estimate of drug-likeness (QED) is 0.300. The summed E-state index contributed by atoms with van der Waals surface area (Å²) in [6, 6.07) is 11.8. The topological polar surface area (TPSA) is 69.1 Å². The number of nitrogens with zero attached hydrogens (tertiary/aromatic N) is 2. The number of rotatable bonds is 7. The fraction of sp³-hybridized carbons (Fsp3) is 0.450. The SMILES string of the molecule is CCNC(=NCc1ccc(O)cc1)NCC(c1cccs1)N1CCOCC1.I. The number of phenols is 1. The van der Waals surface area contributed by atoms with Gasteiger partial charge in [-0.25, -0.2) is 4.99 Å². The minimum absolute atomic E-state index is 0. The number of guanidine groups is 1. The molecule has 8 heteroatoms. The predicted molar refractivity (Wildman–Crippen MR) is 126 cm³/mol. The number of thiophene rings is 1. The van der Waals surface area contributed by atoms with Crippen molar-refractivity contribution in [3.05, 3.63) is 52.2 Å². The Morgan fingerprint density at radius 3 is 2.61 bits per heavy atom. The fourth-order valence-electron chi connectivity index (χ4n) is 3.09. The normalized spacial score (nSPS) is 16.2. The molecule has 2 aromatic rings. The predicted octanol–water partition coefficient (Wildman–Crippen LogP) is 3.20. The minimum Gasteiger partial charge on any atom is -0.508 e. The number of aliphatic imine (C=N–C) groups is 1. The van der Waals surface area contributed by atoms with Crippen molar-refractivity contribution in [2.75, 3.05) is 39.4 Å². The highest BCUT2D eigenvalue weighted by molar-refractivity contribution is 14.0. The Morgan fingerprint density at radius 2 is 1.96 bits per heavy atom. The summed E-state index contributed by atoms with van der Waals surface area (Å²) in [6.45, 7) is 7.71. The van der Waals surface area contributed by atoms with E-state index in [1.807, 2.05) is 12.1 Å². The number of aromatic hydroxyl groups is 1. The maximum Gasteiger partial charge on any atom is 0.191 e. The average Bonchev–Trinajstić information content (AvgIpc) is 3.23. The Balaban J connectivity index is 0.00000280. The molecule has 154 valence electrons. The van der Waals surface area contributed by atoms with Crippen molar-refractivity contribution in [1.82, 2.24) is 15.5 Å². The third-order valence-corrected chi connectivity index (χ3v) is 5.49. The van der Waals surface area contributed by atoms with Gasteiger partial charge in [0.05, 0.1) is 25.8 Å². The molecule has 3 rings (SSSR count). The lowest BCUT2D eigenvalue weighted by molar-refractivity contribution is 0.0177. The fourth-order valence-corrected chi connectivity index (χ4v) is 3.95. The molecule has 0 spiro atoms. The molecule has 2 heterocycles. The van der Waals surface area contributed by atoms with Crippen LogP contribution in [0.4, 0.5) is 0 Å². The van der Waals surface area contributed by atoms with Crippen LogP contribution in [0.2, 0.25) is 0 Å². The minimum atomic E-state index is 0. The summed E-state index contributed by atoms with van der Waals surface area (Å²) in [7, 11) is 0. The zero-order chi connectivity index (χ0) is 18.9. The van der Waals surface area contributed by atoms with Crippen molar-refractivity contribution in [3.8, 4) is 5.75 Å². The zero-order valence-corrected chi connectivity index (χ0v) is 19.3. The number of nitrogens with one attached hydrogen (secondary N) is 2. The summed E-state index contributed by atoms with van der Waals surface area (Å²) in [5.74, 6) is 1.08. The second-order valence-corrected chi connectivity index (χ2v) is 7.40. The smallest absolute Gasteiger partial charge is 0.191 e. The van der Waals surface area contributed by atoms with Gasteiger partial charge in [0, 0.05) is 31.1 Å². The van der Waals surface area contributed by atoms with Gasteiger partial charge in [-0.1, -0.05) is 18.2 Å². The van der Waals surface area contributed by atoms with E-state index in [1.165, 1.54) is 4.88 Å². The molecule has 1 saturated heterocycles. The molecule has 0 saturated carbocycles. The van der Waals surface area contributed by atoms with Gasteiger partial charge in [0.25, 0.3) is 0 Å². The van der Waals surface area contributed by atoms with Crippen molar-refractivity contribution in [3.63, 3.8) is 0 Å². The monoisotopic (exact) mass is 516 g/mol. The van der Waals surface area contributed by atoms with Crippen LogP contribution in [0.15, 0.2) is 46.8 Å². The van der Waals surface area contributed by atoms with Crippen LogP contribution in [0, 0.1) is 0 Å². The van der Waals surface area contributed by atoms with Crippen LogP contribution in [0.3, 0.4) is 0 Å². The molecule has 0 radical (unpaired) electrons. The second kappa shape index (κ2) is 12.3. The van der Waals surface area contributed by atoms with Crippen molar-refractivity contribution < 1.29 is 9.84 Å². The highest BCUT2D eigenvalue weighted by atomic mass is 127. The van der Waals surface area contributed by atoms with Crippen LogP contribution in [0.25, 0.3) is 0 Å². The van der Waals surface area contributed by atoms with E-state index in [0.717, 1.165) is 50.9 Å². The molecule has 28 heavy (non-hydrogen) atoms. The highest BCUT2D eigenvalue weighted by Crippen LogP contribution is 2.25. The van der Waals surface area contributed by atoms with E-state index in [-0.39, 0.29) is 29.7 Å². The van der Waals surface area contributed by atoms with Gasteiger partial charge in [-0.2, -0.15) is 0 Å². The van der Waals surface area contributed by atoms with Gasteiger partial charge in [-0.15, -0.1) is 35.3 Å². The van der Waals surface area contributed by atoms with Gasteiger partial charge in [-0.3, -0.25) is 4.90 Å². The van der Waals surface area contributed by atoms with Crippen LogP contribution in [0.5, 0.6) is 5.75 Å². The second-order valence-electron chi connectivity index (χ2n) is 6.42. The van der Waals surface area contributed by atoms with Gasteiger partial charge in [0.1, 0.15) is 5.75 Å². The first-order chi connectivity index (χ1) is 13.3. The van der Waals surface area contributed by atoms with E-state index in [0.29, 0.717) is 12.6 Å². The van der Waals surface area contributed by atoms with Crippen molar-refractivity contribution >= 4 is 41.3 Å². The number of benzene rings is 1.